The maximum absolute atomic E-state index is 13.7. The van der Waals surface area contributed by atoms with Crippen LogP contribution >= 0.6 is 10.8 Å². The van der Waals surface area contributed by atoms with E-state index in [1.54, 1.807) is 30.5 Å². The predicted octanol–water partition coefficient (Wildman–Crippen LogP) is 4.61. The molecular weight excluding hydrogens is 440 g/mol. The molecule has 4 N–H and O–H groups in total. The molecule has 0 bridgehead atoms. The van der Waals surface area contributed by atoms with Crippen molar-refractivity contribution in [1.82, 2.24) is 9.55 Å². The third-order valence-electron chi connectivity index (χ3n) is 5.66. The summed E-state index contributed by atoms with van der Waals surface area (Å²) in [5.74, 6) is -0.398. The van der Waals surface area contributed by atoms with Gasteiger partial charge in [0.15, 0.2) is 5.84 Å². The van der Waals surface area contributed by atoms with Crippen LogP contribution in [0.1, 0.15) is 23.6 Å². The maximum Gasteiger partial charge on any atom is 0.267 e. The molecule has 2 aromatic carbocycles. The van der Waals surface area contributed by atoms with Gasteiger partial charge in [-0.05, 0) is 35.7 Å². The predicted molar refractivity (Wildman–Crippen MR) is 130 cm³/mol. The van der Waals surface area contributed by atoms with E-state index in [1.165, 1.54) is 4.57 Å². The summed E-state index contributed by atoms with van der Waals surface area (Å²) in [5.41, 5.74) is 1.86. The number of aryl methyl sites for hydroxylation is 1. The highest BCUT2D eigenvalue weighted by atomic mass is 32.3. The molecule has 0 atom stereocenters. The third-order valence-corrected chi connectivity index (χ3v) is 7.03. The highest BCUT2D eigenvalue weighted by molar-refractivity contribution is 8.23. The molecule has 8 nitrogen and oxygen atoms in total. The van der Waals surface area contributed by atoms with Crippen molar-refractivity contribution in [3.63, 3.8) is 0 Å². The number of aromatic hydroxyl groups is 1. The van der Waals surface area contributed by atoms with Gasteiger partial charge in [0, 0.05) is 6.20 Å². The summed E-state index contributed by atoms with van der Waals surface area (Å²) in [6.07, 6.45) is 2.18. The Morgan fingerprint density at radius 1 is 1.03 bits per heavy atom. The van der Waals surface area contributed by atoms with Crippen molar-refractivity contribution in [3.05, 3.63) is 93.9 Å². The second-order valence-corrected chi connectivity index (χ2v) is 9.36. The van der Waals surface area contributed by atoms with Gasteiger partial charge in [0.1, 0.15) is 21.9 Å². The van der Waals surface area contributed by atoms with Crippen LogP contribution in [0.15, 0.2) is 80.9 Å². The van der Waals surface area contributed by atoms with Gasteiger partial charge in [-0.3, -0.25) is 18.5 Å². The topological polar surface area (TPSA) is 120 Å². The molecule has 0 amide bonds. The van der Waals surface area contributed by atoms with E-state index in [9.17, 15) is 19.0 Å². The lowest BCUT2D eigenvalue weighted by Crippen LogP contribution is -2.33. The first kappa shape index (κ1) is 21.2. The molecule has 9 heteroatoms. The van der Waals surface area contributed by atoms with Crippen LogP contribution in [0.25, 0.3) is 11.0 Å². The molecule has 3 heterocycles. The number of benzene rings is 2. The molecule has 0 radical (unpaired) electrons. The summed E-state index contributed by atoms with van der Waals surface area (Å²) in [7, 11) is -3.58. The Kier molecular flexibility index (Phi) is 5.16. The standard InChI is InChI=1S/C24H22N4O4S/c1-2-16-10-6-12-18-20(16)26-22(27-33(18,31)32)19-21(29)17-11-7-13-25-23(17)28(24(19)30)14-15-8-4-3-5-9-15/h3-13,29,31-32H,2,14H2,1H3,(H,26,27). The van der Waals surface area contributed by atoms with Gasteiger partial charge in [0.2, 0.25) is 0 Å². The first-order chi connectivity index (χ1) is 15.9. The van der Waals surface area contributed by atoms with Crippen LogP contribution in [0.3, 0.4) is 0 Å². The smallest absolute Gasteiger partial charge is 0.267 e. The van der Waals surface area contributed by atoms with Gasteiger partial charge in [0.25, 0.3) is 5.56 Å². The minimum absolute atomic E-state index is 0.0848. The number of hydrogen-bond acceptors (Lipinski definition) is 7. The van der Waals surface area contributed by atoms with E-state index in [4.69, 9.17) is 0 Å². The zero-order chi connectivity index (χ0) is 23.2. The lowest BCUT2D eigenvalue weighted by Gasteiger charge is -2.35. The van der Waals surface area contributed by atoms with Crippen LogP contribution in [0, 0.1) is 0 Å². The summed E-state index contributed by atoms with van der Waals surface area (Å²) >= 11 is 0. The Hall–Kier alpha value is -3.66. The van der Waals surface area contributed by atoms with Gasteiger partial charge in [-0.1, -0.05) is 60.2 Å². The number of rotatable bonds is 4. The number of fused-ring (bicyclic) bond motifs is 2. The molecule has 33 heavy (non-hydrogen) atoms. The lowest BCUT2D eigenvalue weighted by molar-refractivity contribution is 0.477. The summed E-state index contributed by atoms with van der Waals surface area (Å²) in [6.45, 7) is 2.17. The molecule has 0 aliphatic carbocycles. The van der Waals surface area contributed by atoms with Gasteiger partial charge in [0.05, 0.1) is 17.6 Å². The molecular formula is C24H22N4O4S. The molecule has 0 spiro atoms. The van der Waals surface area contributed by atoms with Gasteiger partial charge in [-0.2, -0.15) is 0 Å². The van der Waals surface area contributed by atoms with E-state index < -0.39 is 16.3 Å². The Morgan fingerprint density at radius 3 is 2.58 bits per heavy atom. The first-order valence-electron chi connectivity index (χ1n) is 10.4. The SMILES string of the molecule is CCc1cccc2c1NC(c1c(O)c3cccnc3n(Cc3ccccc3)c1=O)=NS2(O)O. The zero-order valence-electron chi connectivity index (χ0n) is 17.8. The second kappa shape index (κ2) is 8.04. The normalized spacial score (nSPS) is 15.4. The first-order valence-corrected chi connectivity index (χ1v) is 11.9. The molecule has 4 aromatic rings. The molecule has 0 saturated heterocycles. The monoisotopic (exact) mass is 462 g/mol. The molecule has 5 rings (SSSR count). The molecule has 1 aliphatic heterocycles. The van der Waals surface area contributed by atoms with Crippen molar-refractivity contribution in [2.75, 3.05) is 5.32 Å². The number of hydrogen-bond donors (Lipinski definition) is 4. The van der Waals surface area contributed by atoms with Gasteiger partial charge in [-0.25, -0.2) is 4.98 Å². The highest BCUT2D eigenvalue weighted by Crippen LogP contribution is 2.56. The molecule has 0 fully saturated rings. The molecule has 0 saturated carbocycles. The largest absolute Gasteiger partial charge is 0.506 e. The maximum atomic E-state index is 13.7. The van der Waals surface area contributed by atoms with Crippen LogP contribution in [-0.2, 0) is 13.0 Å². The van der Waals surface area contributed by atoms with Gasteiger partial charge >= 0.3 is 0 Å². The minimum Gasteiger partial charge on any atom is -0.506 e. The number of anilines is 1. The van der Waals surface area contributed by atoms with E-state index in [2.05, 4.69) is 14.7 Å². The minimum atomic E-state index is -3.58. The molecule has 168 valence electrons. The average molecular weight is 463 g/mol. The van der Waals surface area contributed by atoms with E-state index in [0.29, 0.717) is 23.1 Å². The average Bonchev–Trinajstić information content (AvgIpc) is 2.82. The van der Waals surface area contributed by atoms with Gasteiger partial charge in [-0.15, -0.1) is 4.40 Å². The molecule has 1 aliphatic rings. The quantitative estimate of drug-likeness (QED) is 0.352. The fourth-order valence-corrected chi connectivity index (χ4v) is 5.26. The van der Waals surface area contributed by atoms with Crippen molar-refractivity contribution >= 4 is 33.3 Å². The Balaban J connectivity index is 1.75. The third kappa shape index (κ3) is 3.56. The van der Waals surface area contributed by atoms with E-state index in [-0.39, 0.29) is 28.6 Å². The van der Waals surface area contributed by atoms with Crippen LogP contribution in [0.2, 0.25) is 0 Å². The lowest BCUT2D eigenvalue weighted by atomic mass is 10.1. The number of amidine groups is 1. The van der Waals surface area contributed by atoms with Crippen LogP contribution in [-0.4, -0.2) is 29.6 Å². The summed E-state index contributed by atoms with van der Waals surface area (Å²) in [4.78, 5) is 18.3. The summed E-state index contributed by atoms with van der Waals surface area (Å²) in [6, 6.07) is 17.9. The Morgan fingerprint density at radius 2 is 1.82 bits per heavy atom. The van der Waals surface area contributed by atoms with Crippen molar-refractivity contribution < 1.29 is 14.2 Å². The Labute approximate surface area is 191 Å². The number of para-hydroxylation sites is 1. The van der Waals surface area contributed by atoms with E-state index in [0.717, 1.165) is 11.1 Å². The zero-order valence-corrected chi connectivity index (χ0v) is 18.6. The van der Waals surface area contributed by atoms with Crippen LogP contribution in [0.5, 0.6) is 5.75 Å². The Bertz CT molecular complexity index is 1470. The fourth-order valence-electron chi connectivity index (χ4n) is 4.06. The number of nitrogens with one attached hydrogen (secondary N) is 1. The van der Waals surface area contributed by atoms with Crippen LogP contribution < -0.4 is 10.9 Å². The highest BCUT2D eigenvalue weighted by Gasteiger charge is 2.31. The molecule has 0 unspecified atom stereocenters. The van der Waals surface area contributed by atoms with Crippen molar-refractivity contribution in [2.24, 2.45) is 4.40 Å². The summed E-state index contributed by atoms with van der Waals surface area (Å²) < 4.78 is 27.1. The number of pyridine rings is 2. The van der Waals surface area contributed by atoms with E-state index in [1.807, 2.05) is 43.3 Å². The van der Waals surface area contributed by atoms with Crippen molar-refractivity contribution in [1.29, 1.82) is 0 Å². The van der Waals surface area contributed by atoms with Gasteiger partial charge < -0.3 is 10.4 Å². The summed E-state index contributed by atoms with van der Waals surface area (Å²) in [5, 5.41) is 14.5. The van der Waals surface area contributed by atoms with Crippen LogP contribution in [0.4, 0.5) is 5.69 Å². The van der Waals surface area contributed by atoms with E-state index >= 15 is 0 Å². The number of nitrogens with zero attached hydrogens (tertiary/aromatic N) is 3. The molecule has 2 aromatic heterocycles. The number of aromatic nitrogens is 2. The fraction of sp³-hybridized carbons (Fsp3) is 0.125. The van der Waals surface area contributed by atoms with Crippen molar-refractivity contribution in [2.45, 2.75) is 24.8 Å². The second-order valence-electron chi connectivity index (χ2n) is 7.70. The van der Waals surface area contributed by atoms with Crippen molar-refractivity contribution in [3.8, 4) is 5.75 Å².